The van der Waals surface area contributed by atoms with Crippen LogP contribution in [0.1, 0.15) is 29.7 Å². The fourth-order valence-electron chi connectivity index (χ4n) is 2.70. The summed E-state index contributed by atoms with van der Waals surface area (Å²) in [5.41, 5.74) is 4.26. The van der Waals surface area contributed by atoms with Crippen LogP contribution in [0.3, 0.4) is 0 Å². The molecule has 0 aliphatic rings. The minimum atomic E-state index is -0.0541. The number of amides is 1. The molecule has 0 bridgehead atoms. The van der Waals surface area contributed by atoms with Crippen molar-refractivity contribution in [2.45, 2.75) is 32.0 Å². The Morgan fingerprint density at radius 3 is 2.69 bits per heavy atom. The van der Waals surface area contributed by atoms with Gasteiger partial charge in [-0.05, 0) is 48.4 Å². The minimum absolute atomic E-state index is 0.0420. The number of thioether (sulfide) groups is 1. The molecule has 3 rings (SSSR count). The van der Waals surface area contributed by atoms with Crippen molar-refractivity contribution in [3.05, 3.63) is 65.2 Å². The lowest BCUT2D eigenvalue weighted by Gasteiger charge is -2.14. The van der Waals surface area contributed by atoms with E-state index in [1.54, 1.807) is 4.68 Å². The number of aromatic nitrogens is 4. The van der Waals surface area contributed by atoms with Gasteiger partial charge in [0.05, 0.1) is 17.5 Å². The van der Waals surface area contributed by atoms with Crippen molar-refractivity contribution in [1.29, 1.82) is 0 Å². The fraction of sp³-hybridized carbons (Fsp3) is 0.263. The van der Waals surface area contributed by atoms with Crippen LogP contribution in [0.25, 0.3) is 5.69 Å². The number of benzene rings is 2. The molecule has 0 fully saturated rings. The summed E-state index contributed by atoms with van der Waals surface area (Å²) in [5.74, 6) is 0.198. The summed E-state index contributed by atoms with van der Waals surface area (Å²) < 4.78 is 1.67. The zero-order valence-electron chi connectivity index (χ0n) is 15.0. The Morgan fingerprint density at radius 1 is 1.19 bits per heavy atom. The highest BCUT2D eigenvalue weighted by molar-refractivity contribution is 7.99. The van der Waals surface area contributed by atoms with Gasteiger partial charge in [0.1, 0.15) is 0 Å². The summed E-state index contributed by atoms with van der Waals surface area (Å²) in [7, 11) is 0. The number of hydrogen-bond donors (Lipinski definition) is 1. The Balaban J connectivity index is 1.64. The second kappa shape index (κ2) is 8.14. The molecule has 3 aromatic rings. The fourth-order valence-corrected chi connectivity index (χ4v) is 3.40. The number of hydrogen-bond acceptors (Lipinski definition) is 5. The molecule has 1 N–H and O–H groups in total. The van der Waals surface area contributed by atoms with Crippen molar-refractivity contribution >= 4 is 17.7 Å². The molecule has 0 radical (unpaired) electrons. The highest BCUT2D eigenvalue weighted by Gasteiger charge is 2.14. The van der Waals surface area contributed by atoms with Crippen LogP contribution in [0.5, 0.6) is 0 Å². The zero-order valence-corrected chi connectivity index (χ0v) is 15.8. The molecule has 7 heteroatoms. The van der Waals surface area contributed by atoms with Crippen molar-refractivity contribution < 1.29 is 4.79 Å². The normalized spacial score (nSPS) is 12.0. The van der Waals surface area contributed by atoms with Crippen LogP contribution in [0.4, 0.5) is 0 Å². The van der Waals surface area contributed by atoms with E-state index in [1.807, 2.05) is 63.2 Å². The van der Waals surface area contributed by atoms with E-state index in [9.17, 15) is 4.79 Å². The maximum absolute atomic E-state index is 12.3. The van der Waals surface area contributed by atoms with E-state index in [2.05, 4.69) is 26.9 Å². The van der Waals surface area contributed by atoms with Gasteiger partial charge in [-0.3, -0.25) is 4.79 Å². The average molecular weight is 367 g/mol. The van der Waals surface area contributed by atoms with Crippen molar-refractivity contribution in [3.8, 4) is 5.69 Å². The number of nitrogens with zero attached hydrogens (tertiary/aromatic N) is 4. The van der Waals surface area contributed by atoms with Crippen molar-refractivity contribution in [1.82, 2.24) is 25.5 Å². The molecule has 0 aliphatic heterocycles. The van der Waals surface area contributed by atoms with Crippen LogP contribution in [0.15, 0.2) is 53.7 Å². The van der Waals surface area contributed by atoms with Crippen molar-refractivity contribution in [2.24, 2.45) is 0 Å². The first-order chi connectivity index (χ1) is 12.5. The summed E-state index contributed by atoms with van der Waals surface area (Å²) in [5, 5.41) is 15.5. The molecule has 1 unspecified atom stereocenters. The molecule has 0 spiro atoms. The number of carbonyl (C=O) groups excluding carboxylic acids is 1. The quantitative estimate of drug-likeness (QED) is 0.677. The molecular formula is C19H21N5OS. The van der Waals surface area contributed by atoms with Gasteiger partial charge in [-0.15, -0.1) is 5.10 Å². The van der Waals surface area contributed by atoms with E-state index in [-0.39, 0.29) is 17.7 Å². The van der Waals surface area contributed by atoms with Gasteiger partial charge >= 0.3 is 0 Å². The SMILES string of the molecule is Cc1ccc(-n2nnnc2SCC(=O)NC(C)c2ccccc2)c(C)c1. The Kier molecular flexibility index (Phi) is 5.68. The van der Waals surface area contributed by atoms with Gasteiger partial charge in [0, 0.05) is 0 Å². The van der Waals surface area contributed by atoms with Crippen LogP contribution < -0.4 is 5.32 Å². The largest absolute Gasteiger partial charge is 0.349 e. The second-order valence-electron chi connectivity index (χ2n) is 6.15. The highest BCUT2D eigenvalue weighted by atomic mass is 32.2. The van der Waals surface area contributed by atoms with Crippen LogP contribution in [-0.2, 0) is 4.79 Å². The lowest BCUT2D eigenvalue weighted by molar-refractivity contribution is -0.119. The Hall–Kier alpha value is -2.67. The van der Waals surface area contributed by atoms with Gasteiger partial charge in [0.15, 0.2) is 0 Å². The van der Waals surface area contributed by atoms with Gasteiger partial charge in [0.25, 0.3) is 0 Å². The molecule has 6 nitrogen and oxygen atoms in total. The molecule has 26 heavy (non-hydrogen) atoms. The third kappa shape index (κ3) is 4.29. The van der Waals surface area contributed by atoms with Gasteiger partial charge in [-0.2, -0.15) is 4.68 Å². The Bertz CT molecular complexity index is 894. The van der Waals surface area contributed by atoms with E-state index in [4.69, 9.17) is 0 Å². The van der Waals surface area contributed by atoms with E-state index >= 15 is 0 Å². The highest BCUT2D eigenvalue weighted by Crippen LogP contribution is 2.21. The summed E-state index contributed by atoms with van der Waals surface area (Å²) in [6.07, 6.45) is 0. The second-order valence-corrected chi connectivity index (χ2v) is 7.09. The lowest BCUT2D eigenvalue weighted by Crippen LogP contribution is -2.28. The lowest BCUT2D eigenvalue weighted by atomic mass is 10.1. The Labute approximate surface area is 157 Å². The van der Waals surface area contributed by atoms with E-state index in [0.29, 0.717) is 5.16 Å². The minimum Gasteiger partial charge on any atom is -0.349 e. The number of rotatable bonds is 6. The molecule has 0 saturated carbocycles. The molecule has 1 heterocycles. The number of nitrogens with one attached hydrogen (secondary N) is 1. The molecule has 1 aromatic heterocycles. The maximum Gasteiger partial charge on any atom is 0.230 e. The third-order valence-corrected chi connectivity index (χ3v) is 4.95. The predicted molar refractivity (Wildman–Crippen MR) is 102 cm³/mol. The first-order valence-corrected chi connectivity index (χ1v) is 9.36. The van der Waals surface area contributed by atoms with Gasteiger partial charge in [-0.1, -0.05) is 59.8 Å². The average Bonchev–Trinajstić information content (AvgIpc) is 3.09. The van der Waals surface area contributed by atoms with Gasteiger partial charge in [-0.25, -0.2) is 0 Å². The molecule has 134 valence electrons. The number of tetrazole rings is 1. The molecule has 1 atom stereocenters. The van der Waals surface area contributed by atoms with Gasteiger partial charge < -0.3 is 5.32 Å². The van der Waals surface area contributed by atoms with Crippen LogP contribution in [0, 0.1) is 13.8 Å². The summed E-state index contributed by atoms with van der Waals surface area (Å²) in [4.78, 5) is 12.3. The number of carbonyl (C=O) groups is 1. The smallest absolute Gasteiger partial charge is 0.230 e. The maximum atomic E-state index is 12.3. The van der Waals surface area contributed by atoms with Crippen molar-refractivity contribution in [2.75, 3.05) is 5.75 Å². The van der Waals surface area contributed by atoms with Crippen LogP contribution >= 0.6 is 11.8 Å². The molecular weight excluding hydrogens is 346 g/mol. The first-order valence-electron chi connectivity index (χ1n) is 8.37. The molecule has 0 saturated heterocycles. The summed E-state index contributed by atoms with van der Waals surface area (Å²) >= 11 is 1.32. The molecule has 0 aliphatic carbocycles. The summed E-state index contributed by atoms with van der Waals surface area (Å²) in [6.45, 7) is 6.04. The van der Waals surface area contributed by atoms with Crippen molar-refractivity contribution in [3.63, 3.8) is 0 Å². The third-order valence-electron chi connectivity index (χ3n) is 4.03. The molecule has 2 aromatic carbocycles. The Morgan fingerprint density at radius 2 is 1.96 bits per heavy atom. The van der Waals surface area contributed by atoms with E-state index in [0.717, 1.165) is 16.8 Å². The standard InChI is InChI=1S/C19H21N5OS/c1-13-9-10-17(14(2)11-13)24-19(21-22-23-24)26-12-18(25)20-15(3)16-7-5-4-6-8-16/h4-11,15H,12H2,1-3H3,(H,20,25). The zero-order chi connectivity index (χ0) is 18.5. The topological polar surface area (TPSA) is 72.7 Å². The predicted octanol–water partition coefficient (Wildman–Crippen LogP) is 3.25. The van der Waals surface area contributed by atoms with Crippen LogP contribution in [-0.4, -0.2) is 31.9 Å². The number of aryl methyl sites for hydroxylation is 2. The summed E-state index contributed by atoms with van der Waals surface area (Å²) in [6, 6.07) is 15.9. The first kappa shape index (κ1) is 18.1. The van der Waals surface area contributed by atoms with Gasteiger partial charge in [0.2, 0.25) is 11.1 Å². The monoisotopic (exact) mass is 367 g/mol. The molecule has 1 amide bonds. The van der Waals surface area contributed by atoms with E-state index < -0.39 is 0 Å². The van der Waals surface area contributed by atoms with Crippen LogP contribution in [0.2, 0.25) is 0 Å². The van der Waals surface area contributed by atoms with E-state index in [1.165, 1.54) is 17.3 Å².